The van der Waals surface area contributed by atoms with Crippen molar-refractivity contribution < 1.29 is 28.5 Å². The number of hydrogen-bond acceptors (Lipinski definition) is 6. The summed E-state index contributed by atoms with van der Waals surface area (Å²) in [7, 11) is 4.47. The molecule has 1 atom stereocenters. The number of amides is 1. The standard InChI is InChI=1S/C21H25NO6/c1-5-16(14-9-7-6-8-10-14)21(24)28-13-19(23)22-15-11-17(25-2)20(27-4)18(12-15)26-3/h6-12,16H,5,13H2,1-4H3,(H,22,23)/t16-/m0/s1. The van der Waals surface area contributed by atoms with E-state index in [9.17, 15) is 9.59 Å². The first kappa shape index (κ1) is 21.1. The molecule has 0 unspecified atom stereocenters. The van der Waals surface area contributed by atoms with E-state index in [0.29, 0.717) is 29.4 Å². The third kappa shape index (κ3) is 5.16. The number of rotatable bonds is 9. The van der Waals surface area contributed by atoms with Gasteiger partial charge >= 0.3 is 5.97 Å². The maximum absolute atomic E-state index is 12.4. The molecule has 2 aromatic carbocycles. The van der Waals surface area contributed by atoms with Crippen LogP contribution in [0.2, 0.25) is 0 Å². The quantitative estimate of drug-likeness (QED) is 0.664. The lowest BCUT2D eigenvalue weighted by molar-refractivity contribution is -0.149. The second kappa shape index (κ2) is 10.2. The zero-order chi connectivity index (χ0) is 20.5. The maximum atomic E-state index is 12.4. The number of carbonyl (C=O) groups excluding carboxylic acids is 2. The van der Waals surface area contributed by atoms with Gasteiger partial charge in [0.25, 0.3) is 5.91 Å². The zero-order valence-electron chi connectivity index (χ0n) is 16.5. The van der Waals surface area contributed by atoms with Crippen molar-refractivity contribution in [2.75, 3.05) is 33.3 Å². The van der Waals surface area contributed by atoms with E-state index in [4.69, 9.17) is 18.9 Å². The Morgan fingerprint density at radius 1 is 0.964 bits per heavy atom. The number of benzene rings is 2. The largest absolute Gasteiger partial charge is 0.493 e. The Hall–Kier alpha value is -3.22. The van der Waals surface area contributed by atoms with Gasteiger partial charge in [0.05, 0.1) is 27.2 Å². The lowest BCUT2D eigenvalue weighted by Gasteiger charge is -2.16. The van der Waals surface area contributed by atoms with E-state index in [-0.39, 0.29) is 0 Å². The van der Waals surface area contributed by atoms with Crippen LogP contribution in [-0.4, -0.2) is 39.8 Å². The second-order valence-electron chi connectivity index (χ2n) is 5.94. The van der Waals surface area contributed by atoms with Crippen molar-refractivity contribution in [3.8, 4) is 17.2 Å². The molecule has 0 aliphatic rings. The molecule has 0 aromatic heterocycles. The first-order valence-electron chi connectivity index (χ1n) is 8.85. The van der Waals surface area contributed by atoms with Crippen LogP contribution in [0.1, 0.15) is 24.8 Å². The Balaban J connectivity index is 2.01. The Kier molecular flexibility index (Phi) is 7.68. The first-order chi connectivity index (χ1) is 13.5. The molecule has 2 rings (SSSR count). The molecule has 0 spiro atoms. The number of carbonyl (C=O) groups is 2. The van der Waals surface area contributed by atoms with E-state index >= 15 is 0 Å². The average Bonchev–Trinajstić information content (AvgIpc) is 2.72. The molecular formula is C21H25NO6. The molecule has 0 fully saturated rings. The molecule has 2 aromatic rings. The van der Waals surface area contributed by atoms with Crippen LogP contribution in [0.5, 0.6) is 17.2 Å². The number of anilines is 1. The van der Waals surface area contributed by atoms with Crippen molar-refractivity contribution in [1.82, 2.24) is 0 Å². The summed E-state index contributed by atoms with van der Waals surface area (Å²) in [5.41, 5.74) is 1.30. The van der Waals surface area contributed by atoms with Crippen LogP contribution in [0.15, 0.2) is 42.5 Å². The molecule has 0 saturated heterocycles. The van der Waals surface area contributed by atoms with E-state index in [2.05, 4.69) is 5.32 Å². The van der Waals surface area contributed by atoms with Crippen molar-refractivity contribution in [3.63, 3.8) is 0 Å². The van der Waals surface area contributed by atoms with Crippen molar-refractivity contribution in [2.45, 2.75) is 19.3 Å². The predicted molar refractivity (Wildman–Crippen MR) is 105 cm³/mol. The highest BCUT2D eigenvalue weighted by Gasteiger charge is 2.21. The predicted octanol–water partition coefficient (Wildman–Crippen LogP) is 3.39. The normalized spacial score (nSPS) is 11.3. The maximum Gasteiger partial charge on any atom is 0.313 e. The molecule has 0 bridgehead atoms. The van der Waals surface area contributed by atoms with Crippen LogP contribution in [0, 0.1) is 0 Å². The van der Waals surface area contributed by atoms with Crippen LogP contribution in [-0.2, 0) is 14.3 Å². The van der Waals surface area contributed by atoms with E-state index < -0.39 is 24.4 Å². The smallest absolute Gasteiger partial charge is 0.313 e. The van der Waals surface area contributed by atoms with Crippen LogP contribution >= 0.6 is 0 Å². The first-order valence-corrected chi connectivity index (χ1v) is 8.85. The number of nitrogens with one attached hydrogen (secondary N) is 1. The van der Waals surface area contributed by atoms with E-state index in [1.807, 2.05) is 37.3 Å². The SMILES string of the molecule is CC[C@H](C(=O)OCC(=O)Nc1cc(OC)c(OC)c(OC)c1)c1ccccc1. The van der Waals surface area contributed by atoms with Gasteiger partial charge in [-0.05, 0) is 12.0 Å². The minimum atomic E-state index is -0.467. The molecule has 0 aliphatic carbocycles. The fourth-order valence-corrected chi connectivity index (χ4v) is 2.81. The second-order valence-corrected chi connectivity index (χ2v) is 5.94. The van der Waals surface area contributed by atoms with Crippen LogP contribution in [0.25, 0.3) is 0 Å². The third-order valence-electron chi connectivity index (χ3n) is 4.19. The van der Waals surface area contributed by atoms with E-state index in [1.165, 1.54) is 21.3 Å². The number of ether oxygens (including phenoxy) is 4. The molecule has 1 amide bonds. The van der Waals surface area contributed by atoms with E-state index in [0.717, 1.165) is 5.56 Å². The molecule has 0 radical (unpaired) electrons. The Labute approximate surface area is 164 Å². The summed E-state index contributed by atoms with van der Waals surface area (Å²) in [6, 6.07) is 12.5. The van der Waals surface area contributed by atoms with Gasteiger partial charge in [-0.3, -0.25) is 9.59 Å². The lowest BCUT2D eigenvalue weighted by atomic mass is 9.97. The number of hydrogen-bond donors (Lipinski definition) is 1. The molecule has 28 heavy (non-hydrogen) atoms. The van der Waals surface area contributed by atoms with Crippen molar-refractivity contribution in [1.29, 1.82) is 0 Å². The van der Waals surface area contributed by atoms with Gasteiger partial charge in [0.15, 0.2) is 18.1 Å². The van der Waals surface area contributed by atoms with Gasteiger partial charge in [-0.15, -0.1) is 0 Å². The van der Waals surface area contributed by atoms with Crippen molar-refractivity contribution >= 4 is 17.6 Å². The van der Waals surface area contributed by atoms with Gasteiger partial charge in [0, 0.05) is 17.8 Å². The minimum Gasteiger partial charge on any atom is -0.493 e. The van der Waals surface area contributed by atoms with Gasteiger partial charge in [-0.1, -0.05) is 37.3 Å². The molecule has 0 saturated carbocycles. The highest BCUT2D eigenvalue weighted by atomic mass is 16.5. The molecule has 7 nitrogen and oxygen atoms in total. The van der Waals surface area contributed by atoms with Gasteiger partial charge in [0.1, 0.15) is 0 Å². The fourth-order valence-electron chi connectivity index (χ4n) is 2.81. The Morgan fingerprint density at radius 2 is 1.57 bits per heavy atom. The van der Waals surface area contributed by atoms with Crippen molar-refractivity contribution in [2.24, 2.45) is 0 Å². The van der Waals surface area contributed by atoms with Crippen LogP contribution in [0.3, 0.4) is 0 Å². The lowest BCUT2D eigenvalue weighted by Crippen LogP contribution is -2.24. The van der Waals surface area contributed by atoms with Crippen LogP contribution in [0.4, 0.5) is 5.69 Å². The Morgan fingerprint density at radius 3 is 2.07 bits per heavy atom. The summed E-state index contributed by atoms with van der Waals surface area (Å²) in [4.78, 5) is 24.6. The molecule has 150 valence electrons. The van der Waals surface area contributed by atoms with Gasteiger partial charge in [0.2, 0.25) is 5.75 Å². The zero-order valence-corrected chi connectivity index (χ0v) is 16.5. The summed E-state index contributed by atoms with van der Waals surface area (Å²) in [5.74, 6) is -0.0777. The fraction of sp³-hybridized carbons (Fsp3) is 0.333. The Bertz CT molecular complexity index is 781. The average molecular weight is 387 g/mol. The molecular weight excluding hydrogens is 362 g/mol. The monoisotopic (exact) mass is 387 g/mol. The molecule has 1 N–H and O–H groups in total. The molecule has 7 heteroatoms. The highest BCUT2D eigenvalue weighted by Crippen LogP contribution is 2.39. The number of esters is 1. The summed E-state index contributed by atoms with van der Waals surface area (Å²) in [5, 5.41) is 2.66. The minimum absolute atomic E-state index is 0.390. The van der Waals surface area contributed by atoms with Gasteiger partial charge < -0.3 is 24.3 Å². The van der Waals surface area contributed by atoms with Crippen molar-refractivity contribution in [3.05, 3.63) is 48.0 Å². The van der Waals surface area contributed by atoms with E-state index in [1.54, 1.807) is 12.1 Å². The van der Waals surface area contributed by atoms with Gasteiger partial charge in [-0.2, -0.15) is 0 Å². The summed E-state index contributed by atoms with van der Waals surface area (Å²) in [6.07, 6.45) is 0.581. The highest BCUT2D eigenvalue weighted by molar-refractivity contribution is 5.94. The molecule has 0 heterocycles. The summed E-state index contributed by atoms with van der Waals surface area (Å²) < 4.78 is 21.0. The molecule has 0 aliphatic heterocycles. The topological polar surface area (TPSA) is 83.1 Å². The summed E-state index contributed by atoms with van der Waals surface area (Å²) in [6.45, 7) is 1.51. The van der Waals surface area contributed by atoms with Gasteiger partial charge in [-0.25, -0.2) is 0 Å². The number of methoxy groups -OCH3 is 3. The summed E-state index contributed by atoms with van der Waals surface area (Å²) >= 11 is 0. The van der Waals surface area contributed by atoms with Crippen LogP contribution < -0.4 is 19.5 Å². The third-order valence-corrected chi connectivity index (χ3v) is 4.19.